The number of aromatic nitrogens is 5. The van der Waals surface area contributed by atoms with E-state index in [9.17, 15) is 9.59 Å². The number of anilines is 2. The molecular weight excluding hydrogens is 528 g/mol. The molecular formula is C32H34N8O2. The number of aryl methyl sites for hydroxylation is 3. The standard InChI is InChI=1S/C23H19N3O.C9H15N5O/c1-3-20-14-19-9-7-8-18(13-12-17-15-24-25(2)16-17)22(19)23(27)26(20)21-10-5-4-6-11-21;1-4-5(2)12-9-6(8(11)15)7(10)13-14(9)3/h4-11,14-16H,3H2,1-2H3;4-5,12H,1H2,2-3H3,(H2,10,13)(H2,11,15). The number of hydrogen-bond donors (Lipinski definition) is 3. The summed E-state index contributed by atoms with van der Waals surface area (Å²) in [6.07, 6.45) is 6.05. The van der Waals surface area contributed by atoms with Crippen LogP contribution in [0.3, 0.4) is 0 Å². The summed E-state index contributed by atoms with van der Waals surface area (Å²) in [6, 6.07) is 17.6. The Labute approximate surface area is 244 Å². The highest BCUT2D eigenvalue weighted by molar-refractivity contribution is 6.02. The number of nitrogens with two attached hydrogens (primary N) is 2. The van der Waals surface area contributed by atoms with E-state index in [0.29, 0.717) is 11.2 Å². The highest BCUT2D eigenvalue weighted by atomic mass is 16.1. The van der Waals surface area contributed by atoms with Crippen molar-refractivity contribution in [1.29, 1.82) is 0 Å². The quantitative estimate of drug-likeness (QED) is 0.213. The van der Waals surface area contributed by atoms with E-state index in [0.717, 1.165) is 34.3 Å². The molecule has 5 rings (SSSR count). The normalized spacial score (nSPS) is 11.1. The molecule has 214 valence electrons. The van der Waals surface area contributed by atoms with Gasteiger partial charge in [0, 0.05) is 43.3 Å². The molecule has 1 unspecified atom stereocenters. The lowest BCUT2D eigenvalue weighted by Gasteiger charge is -2.14. The number of carbonyl (C=O) groups excluding carboxylic acids is 1. The molecule has 0 fully saturated rings. The number of hydrogen-bond acceptors (Lipinski definition) is 6. The largest absolute Gasteiger partial charge is 0.381 e. The van der Waals surface area contributed by atoms with E-state index in [2.05, 4.69) is 46.9 Å². The van der Waals surface area contributed by atoms with Gasteiger partial charge in [-0.15, -0.1) is 6.58 Å². The highest BCUT2D eigenvalue weighted by Crippen LogP contribution is 2.21. The van der Waals surface area contributed by atoms with Gasteiger partial charge in [0.15, 0.2) is 5.82 Å². The molecule has 0 aliphatic rings. The minimum Gasteiger partial charge on any atom is -0.381 e. The second-order valence-corrected chi connectivity index (χ2v) is 9.65. The first-order chi connectivity index (χ1) is 20.1. The van der Waals surface area contributed by atoms with Crippen LogP contribution in [0.1, 0.15) is 41.0 Å². The van der Waals surface area contributed by atoms with Crippen molar-refractivity contribution in [3.8, 4) is 17.5 Å². The van der Waals surface area contributed by atoms with Gasteiger partial charge in [-0.1, -0.05) is 55.2 Å². The molecule has 0 spiro atoms. The second-order valence-electron chi connectivity index (χ2n) is 9.65. The van der Waals surface area contributed by atoms with Gasteiger partial charge in [-0.25, -0.2) is 0 Å². The fourth-order valence-electron chi connectivity index (χ4n) is 4.49. The summed E-state index contributed by atoms with van der Waals surface area (Å²) in [5.74, 6) is 6.30. The topological polar surface area (TPSA) is 139 Å². The van der Waals surface area contributed by atoms with E-state index < -0.39 is 5.91 Å². The third kappa shape index (κ3) is 6.26. The molecule has 2 aromatic carbocycles. The summed E-state index contributed by atoms with van der Waals surface area (Å²) in [4.78, 5) is 24.6. The lowest BCUT2D eigenvalue weighted by molar-refractivity contribution is 0.100. The van der Waals surface area contributed by atoms with Crippen LogP contribution in [-0.2, 0) is 20.5 Å². The first-order valence-corrected chi connectivity index (χ1v) is 13.4. The van der Waals surface area contributed by atoms with Crippen molar-refractivity contribution in [2.45, 2.75) is 26.3 Å². The molecule has 5 N–H and O–H groups in total. The van der Waals surface area contributed by atoms with E-state index in [1.807, 2.05) is 68.7 Å². The Kier molecular flexibility index (Phi) is 8.93. The van der Waals surface area contributed by atoms with Crippen LogP contribution in [0.5, 0.6) is 0 Å². The second kappa shape index (κ2) is 12.7. The number of primary amides is 1. The Hall–Kier alpha value is -5.56. The maximum atomic E-state index is 13.4. The van der Waals surface area contributed by atoms with E-state index in [-0.39, 0.29) is 23.0 Å². The van der Waals surface area contributed by atoms with Gasteiger partial charge < -0.3 is 16.8 Å². The lowest BCUT2D eigenvalue weighted by Crippen LogP contribution is -2.22. The van der Waals surface area contributed by atoms with Crippen LogP contribution >= 0.6 is 0 Å². The Bertz CT molecular complexity index is 1870. The Morgan fingerprint density at radius 2 is 1.88 bits per heavy atom. The molecule has 10 heteroatoms. The Balaban J connectivity index is 0.000000230. The lowest BCUT2D eigenvalue weighted by atomic mass is 10.0. The predicted octanol–water partition coefficient (Wildman–Crippen LogP) is 3.77. The molecule has 0 aliphatic heterocycles. The zero-order chi connectivity index (χ0) is 30.4. The third-order valence-corrected chi connectivity index (χ3v) is 6.58. The van der Waals surface area contributed by atoms with E-state index >= 15 is 0 Å². The summed E-state index contributed by atoms with van der Waals surface area (Å²) in [5.41, 5.74) is 14.4. The smallest absolute Gasteiger partial charge is 0.264 e. The van der Waals surface area contributed by atoms with Crippen molar-refractivity contribution < 1.29 is 4.79 Å². The Morgan fingerprint density at radius 3 is 2.50 bits per heavy atom. The van der Waals surface area contributed by atoms with Gasteiger partial charge >= 0.3 is 0 Å². The SMILES string of the molecule is C=CC(C)Nc1c(C(N)=O)c(N)nn1C.CCc1cc2cccc(C#Cc3cnn(C)c3)c2c(=O)n1-c1ccccc1. The predicted molar refractivity (Wildman–Crippen MR) is 168 cm³/mol. The number of pyridine rings is 1. The minimum absolute atomic E-state index is 0.00194. The fourth-order valence-corrected chi connectivity index (χ4v) is 4.49. The van der Waals surface area contributed by atoms with Crippen molar-refractivity contribution >= 4 is 28.3 Å². The molecule has 0 radical (unpaired) electrons. The van der Waals surface area contributed by atoms with Gasteiger partial charge in [0.1, 0.15) is 11.4 Å². The third-order valence-electron chi connectivity index (χ3n) is 6.58. The zero-order valence-electron chi connectivity index (χ0n) is 24.1. The van der Waals surface area contributed by atoms with Gasteiger partial charge in [0.2, 0.25) is 0 Å². The van der Waals surface area contributed by atoms with Crippen molar-refractivity contribution in [3.63, 3.8) is 0 Å². The van der Waals surface area contributed by atoms with Crippen LogP contribution < -0.4 is 22.3 Å². The maximum Gasteiger partial charge on any atom is 0.264 e. The van der Waals surface area contributed by atoms with E-state index in [1.54, 1.807) is 28.6 Å². The first kappa shape index (κ1) is 29.4. The van der Waals surface area contributed by atoms with Gasteiger partial charge in [-0.2, -0.15) is 10.2 Å². The van der Waals surface area contributed by atoms with Crippen LogP contribution in [-0.4, -0.2) is 36.1 Å². The number of nitrogens with zero attached hydrogens (tertiary/aromatic N) is 5. The number of fused-ring (bicyclic) bond motifs is 1. The minimum atomic E-state index is -0.598. The first-order valence-electron chi connectivity index (χ1n) is 13.4. The van der Waals surface area contributed by atoms with Crippen molar-refractivity contribution in [2.24, 2.45) is 19.8 Å². The van der Waals surface area contributed by atoms with Crippen molar-refractivity contribution in [3.05, 3.63) is 112 Å². The maximum absolute atomic E-state index is 13.4. The number of benzene rings is 2. The van der Waals surface area contributed by atoms with Crippen LogP contribution in [0.2, 0.25) is 0 Å². The van der Waals surface area contributed by atoms with Crippen LogP contribution in [0, 0.1) is 11.8 Å². The summed E-state index contributed by atoms with van der Waals surface area (Å²) in [7, 11) is 3.54. The molecule has 0 saturated carbocycles. The molecule has 5 aromatic rings. The van der Waals surface area contributed by atoms with E-state index in [4.69, 9.17) is 11.5 Å². The average molecular weight is 563 g/mol. The van der Waals surface area contributed by atoms with Gasteiger partial charge in [0.25, 0.3) is 11.5 Å². The molecule has 1 atom stereocenters. The molecule has 1 amide bonds. The summed E-state index contributed by atoms with van der Waals surface area (Å²) in [5, 5.41) is 12.6. The highest BCUT2D eigenvalue weighted by Gasteiger charge is 2.19. The molecule has 3 heterocycles. The van der Waals surface area contributed by atoms with E-state index in [1.165, 1.54) is 4.68 Å². The van der Waals surface area contributed by atoms with Gasteiger partial charge in [-0.05, 0) is 43.0 Å². The summed E-state index contributed by atoms with van der Waals surface area (Å²) < 4.78 is 4.98. The molecule has 0 bridgehead atoms. The number of nitrogens with one attached hydrogen (secondary N) is 1. The van der Waals surface area contributed by atoms with Crippen LogP contribution in [0.4, 0.5) is 11.6 Å². The van der Waals surface area contributed by atoms with Crippen molar-refractivity contribution in [1.82, 2.24) is 24.1 Å². The molecule has 3 aromatic heterocycles. The van der Waals surface area contributed by atoms with Gasteiger partial charge in [0.05, 0.1) is 17.1 Å². The fraction of sp³-hybridized carbons (Fsp3) is 0.188. The molecule has 42 heavy (non-hydrogen) atoms. The molecule has 10 nitrogen and oxygen atoms in total. The number of amides is 1. The zero-order valence-corrected chi connectivity index (χ0v) is 24.1. The number of para-hydroxylation sites is 1. The summed E-state index contributed by atoms with van der Waals surface area (Å²) >= 11 is 0. The number of rotatable bonds is 6. The van der Waals surface area contributed by atoms with Gasteiger partial charge in [-0.3, -0.25) is 23.5 Å². The number of nitrogen functional groups attached to an aromatic ring is 1. The Morgan fingerprint density at radius 1 is 1.14 bits per heavy atom. The average Bonchev–Trinajstić information content (AvgIpc) is 3.52. The summed E-state index contributed by atoms with van der Waals surface area (Å²) in [6.45, 7) is 7.58. The van der Waals surface area contributed by atoms with Crippen LogP contribution in [0.15, 0.2) is 84.4 Å². The van der Waals surface area contributed by atoms with Crippen molar-refractivity contribution in [2.75, 3.05) is 11.1 Å². The monoisotopic (exact) mass is 562 g/mol. The van der Waals surface area contributed by atoms with Crippen LogP contribution in [0.25, 0.3) is 16.5 Å². The molecule has 0 aliphatic carbocycles. The number of carbonyl (C=O) groups is 1. The molecule has 0 saturated heterocycles.